The van der Waals surface area contributed by atoms with E-state index in [1.54, 1.807) is 4.90 Å². The van der Waals surface area contributed by atoms with Crippen molar-refractivity contribution in [3.05, 3.63) is 29.8 Å². The number of sulfone groups is 1. The fraction of sp³-hybridized carbons (Fsp3) is 0.500. The smallest absolute Gasteiger partial charge is 0.305 e. The number of carbonyl (C=O) groups is 1. The SMILES string of the molecule is Cc1ccc(N(CCC(=O)O)C2CS(=O)(=O)CC2O)cc1. The topological polar surface area (TPSA) is 94.9 Å². The van der Waals surface area contributed by atoms with Crippen LogP contribution in [0.4, 0.5) is 5.69 Å². The van der Waals surface area contributed by atoms with Crippen molar-refractivity contribution >= 4 is 21.5 Å². The Hall–Kier alpha value is -1.60. The summed E-state index contributed by atoms with van der Waals surface area (Å²) in [5.41, 5.74) is 1.78. The Bertz CT molecular complexity index is 611. The molecule has 1 fully saturated rings. The van der Waals surface area contributed by atoms with Gasteiger partial charge in [-0.05, 0) is 19.1 Å². The molecule has 1 aliphatic rings. The molecule has 6 nitrogen and oxygen atoms in total. The second-order valence-electron chi connectivity index (χ2n) is 5.38. The monoisotopic (exact) mass is 313 g/mol. The fourth-order valence-electron chi connectivity index (χ4n) is 2.55. The molecule has 2 rings (SSSR count). The van der Waals surface area contributed by atoms with E-state index in [2.05, 4.69) is 0 Å². The van der Waals surface area contributed by atoms with Crippen molar-refractivity contribution in [3.63, 3.8) is 0 Å². The van der Waals surface area contributed by atoms with Crippen molar-refractivity contribution in [2.24, 2.45) is 0 Å². The van der Waals surface area contributed by atoms with Crippen LogP contribution in [0.15, 0.2) is 24.3 Å². The normalized spacial score (nSPS) is 23.9. The first kappa shape index (κ1) is 15.8. The van der Waals surface area contributed by atoms with Gasteiger partial charge in [-0.3, -0.25) is 4.79 Å². The molecule has 0 saturated carbocycles. The summed E-state index contributed by atoms with van der Waals surface area (Å²) in [5.74, 6) is -1.38. The van der Waals surface area contributed by atoms with Gasteiger partial charge in [0.25, 0.3) is 0 Å². The Labute approximate surface area is 123 Å². The minimum absolute atomic E-state index is 0.114. The van der Waals surface area contributed by atoms with Gasteiger partial charge in [0.05, 0.1) is 30.1 Å². The summed E-state index contributed by atoms with van der Waals surface area (Å²) in [6.45, 7) is 2.09. The highest BCUT2D eigenvalue weighted by Gasteiger charge is 2.40. The molecular formula is C14H19NO5S. The quantitative estimate of drug-likeness (QED) is 0.819. The molecule has 2 unspecified atom stereocenters. The number of anilines is 1. The van der Waals surface area contributed by atoms with Crippen LogP contribution in [0.2, 0.25) is 0 Å². The van der Waals surface area contributed by atoms with E-state index in [9.17, 15) is 18.3 Å². The summed E-state index contributed by atoms with van der Waals surface area (Å²) in [7, 11) is -3.28. The summed E-state index contributed by atoms with van der Waals surface area (Å²) < 4.78 is 23.4. The van der Waals surface area contributed by atoms with Crippen molar-refractivity contribution in [2.45, 2.75) is 25.5 Å². The number of aliphatic hydroxyl groups is 1. The standard InChI is InChI=1S/C14H19NO5S/c1-10-2-4-11(5-3-10)15(7-6-14(17)18)12-8-21(19,20)9-13(12)16/h2-5,12-13,16H,6-9H2,1H3,(H,17,18). The van der Waals surface area contributed by atoms with Crippen molar-refractivity contribution in [3.8, 4) is 0 Å². The second-order valence-corrected chi connectivity index (χ2v) is 7.54. The molecule has 1 aromatic rings. The number of rotatable bonds is 5. The summed E-state index contributed by atoms with van der Waals surface area (Å²) in [6, 6.07) is 6.78. The summed E-state index contributed by atoms with van der Waals surface area (Å²) >= 11 is 0. The van der Waals surface area contributed by atoms with Crippen LogP contribution in [0.5, 0.6) is 0 Å². The zero-order chi connectivity index (χ0) is 15.6. The molecule has 21 heavy (non-hydrogen) atoms. The average Bonchev–Trinajstić information content (AvgIpc) is 2.65. The predicted octanol–water partition coefficient (Wildman–Crippen LogP) is 0.434. The van der Waals surface area contributed by atoms with Crippen LogP contribution in [-0.4, -0.2) is 54.8 Å². The maximum Gasteiger partial charge on any atom is 0.305 e. The Kier molecular flexibility index (Phi) is 4.53. The Morgan fingerprint density at radius 3 is 2.38 bits per heavy atom. The van der Waals surface area contributed by atoms with Gasteiger partial charge in [0.1, 0.15) is 0 Å². The number of aliphatic carboxylic acids is 1. The molecule has 1 saturated heterocycles. The van der Waals surface area contributed by atoms with E-state index in [-0.39, 0.29) is 24.5 Å². The van der Waals surface area contributed by atoms with Gasteiger partial charge in [0.2, 0.25) is 0 Å². The third-order valence-corrected chi connectivity index (χ3v) is 5.32. The lowest BCUT2D eigenvalue weighted by Gasteiger charge is -2.32. The molecule has 0 radical (unpaired) electrons. The van der Waals surface area contributed by atoms with Gasteiger partial charge in [-0.15, -0.1) is 0 Å². The summed E-state index contributed by atoms with van der Waals surface area (Å²) in [5, 5.41) is 18.9. The molecule has 116 valence electrons. The van der Waals surface area contributed by atoms with Crippen LogP contribution >= 0.6 is 0 Å². The molecule has 0 bridgehead atoms. The van der Waals surface area contributed by atoms with Gasteiger partial charge in [0, 0.05) is 12.2 Å². The van der Waals surface area contributed by atoms with Gasteiger partial charge in [-0.1, -0.05) is 17.7 Å². The van der Waals surface area contributed by atoms with E-state index >= 15 is 0 Å². The molecule has 1 aliphatic heterocycles. The van der Waals surface area contributed by atoms with Crippen LogP contribution < -0.4 is 4.90 Å². The minimum atomic E-state index is -3.28. The fourth-order valence-corrected chi connectivity index (χ4v) is 4.35. The van der Waals surface area contributed by atoms with Crippen LogP contribution in [0.3, 0.4) is 0 Å². The number of aryl methyl sites for hydroxylation is 1. The predicted molar refractivity (Wildman–Crippen MR) is 79.2 cm³/mol. The number of nitrogens with zero attached hydrogens (tertiary/aromatic N) is 1. The Balaban J connectivity index is 2.27. The van der Waals surface area contributed by atoms with Crippen LogP contribution in [0.1, 0.15) is 12.0 Å². The third kappa shape index (κ3) is 3.95. The van der Waals surface area contributed by atoms with Gasteiger partial charge in [0.15, 0.2) is 9.84 Å². The van der Waals surface area contributed by atoms with Gasteiger partial charge >= 0.3 is 5.97 Å². The highest BCUT2D eigenvalue weighted by Crippen LogP contribution is 2.25. The molecule has 1 aromatic carbocycles. The number of carboxylic acid groups (broad SMARTS) is 1. The molecule has 2 atom stereocenters. The average molecular weight is 313 g/mol. The maximum absolute atomic E-state index is 11.7. The van der Waals surface area contributed by atoms with Crippen molar-refractivity contribution < 1.29 is 23.4 Å². The number of benzene rings is 1. The highest BCUT2D eigenvalue weighted by molar-refractivity contribution is 7.91. The highest BCUT2D eigenvalue weighted by atomic mass is 32.2. The Morgan fingerprint density at radius 2 is 1.90 bits per heavy atom. The minimum Gasteiger partial charge on any atom is -0.481 e. The molecule has 7 heteroatoms. The van der Waals surface area contributed by atoms with Crippen molar-refractivity contribution in [1.82, 2.24) is 0 Å². The van der Waals surface area contributed by atoms with Crippen molar-refractivity contribution in [1.29, 1.82) is 0 Å². The molecular weight excluding hydrogens is 294 g/mol. The third-order valence-electron chi connectivity index (χ3n) is 3.63. The zero-order valence-electron chi connectivity index (χ0n) is 11.8. The largest absolute Gasteiger partial charge is 0.481 e. The van der Waals surface area contributed by atoms with E-state index in [4.69, 9.17) is 5.11 Å². The van der Waals surface area contributed by atoms with Gasteiger partial charge < -0.3 is 15.1 Å². The number of carboxylic acids is 1. The van der Waals surface area contributed by atoms with Crippen LogP contribution in [0, 0.1) is 6.92 Å². The lowest BCUT2D eigenvalue weighted by molar-refractivity contribution is -0.136. The lowest BCUT2D eigenvalue weighted by atomic mass is 10.1. The van der Waals surface area contributed by atoms with E-state index in [1.807, 2.05) is 31.2 Å². The van der Waals surface area contributed by atoms with E-state index in [1.165, 1.54) is 0 Å². The molecule has 0 aromatic heterocycles. The van der Waals surface area contributed by atoms with E-state index in [0.717, 1.165) is 11.3 Å². The molecule has 0 amide bonds. The van der Waals surface area contributed by atoms with E-state index < -0.39 is 28.0 Å². The number of hydrogen-bond donors (Lipinski definition) is 2. The van der Waals surface area contributed by atoms with Crippen LogP contribution in [0.25, 0.3) is 0 Å². The van der Waals surface area contributed by atoms with Gasteiger partial charge in [-0.25, -0.2) is 8.42 Å². The first-order chi connectivity index (χ1) is 9.78. The lowest BCUT2D eigenvalue weighted by Crippen LogP contribution is -2.44. The zero-order valence-corrected chi connectivity index (χ0v) is 12.6. The first-order valence-corrected chi connectivity index (χ1v) is 8.54. The van der Waals surface area contributed by atoms with E-state index in [0.29, 0.717) is 0 Å². The number of hydrogen-bond acceptors (Lipinski definition) is 5. The maximum atomic E-state index is 11.7. The molecule has 2 N–H and O–H groups in total. The number of aliphatic hydroxyl groups excluding tert-OH is 1. The van der Waals surface area contributed by atoms with Gasteiger partial charge in [-0.2, -0.15) is 0 Å². The molecule has 1 heterocycles. The summed E-state index contributed by atoms with van der Waals surface area (Å²) in [6.07, 6.45) is -1.11. The van der Waals surface area contributed by atoms with Crippen molar-refractivity contribution in [2.75, 3.05) is 23.0 Å². The molecule has 0 spiro atoms. The first-order valence-electron chi connectivity index (χ1n) is 6.72. The van der Waals surface area contributed by atoms with Crippen LogP contribution in [-0.2, 0) is 14.6 Å². The second kappa shape index (κ2) is 6.03. The summed E-state index contributed by atoms with van der Waals surface area (Å²) in [4.78, 5) is 12.5. The molecule has 0 aliphatic carbocycles. The Morgan fingerprint density at radius 1 is 1.29 bits per heavy atom.